The van der Waals surface area contributed by atoms with Gasteiger partial charge in [0.2, 0.25) is 0 Å². The Balaban J connectivity index is 3.84. The molecule has 0 saturated carbocycles. The third kappa shape index (κ3) is 3.86. The second-order valence-corrected chi connectivity index (χ2v) is 1.51. The van der Waals surface area contributed by atoms with Crippen LogP contribution in [-0.2, 0) is 19.2 Å². The van der Waals surface area contributed by atoms with Crippen LogP contribution in [0.3, 0.4) is 0 Å². The Kier molecular flexibility index (Phi) is 3.89. The summed E-state index contributed by atoms with van der Waals surface area (Å²) in [7, 11) is 0. The zero-order chi connectivity index (χ0) is 9.56. The van der Waals surface area contributed by atoms with E-state index in [-0.39, 0.29) is 0 Å². The lowest BCUT2D eigenvalue weighted by Gasteiger charge is -1.97. The summed E-state index contributed by atoms with van der Waals surface area (Å²) >= 11 is 0. The first-order valence-electron chi connectivity index (χ1n) is 2.68. The number of carboxylic acids is 1. The average Bonchev–Trinajstić information content (AvgIpc) is 2.00. The van der Waals surface area contributed by atoms with Crippen molar-refractivity contribution in [3.8, 4) is 0 Å². The lowest BCUT2D eigenvalue weighted by atomic mass is 10.6. The molecule has 0 aromatic carbocycles. The van der Waals surface area contributed by atoms with Crippen LogP contribution < -0.4 is 5.48 Å². The molecule has 2 N–H and O–H groups in total. The van der Waals surface area contributed by atoms with Crippen molar-refractivity contribution in [2.45, 2.75) is 0 Å². The van der Waals surface area contributed by atoms with E-state index >= 15 is 0 Å². The van der Waals surface area contributed by atoms with E-state index in [0.717, 1.165) is 6.08 Å². The zero-order valence-corrected chi connectivity index (χ0v) is 5.86. The number of hydroxylamine groups is 1. The van der Waals surface area contributed by atoms with Crippen molar-refractivity contribution >= 4 is 17.8 Å². The highest BCUT2D eigenvalue weighted by Gasteiger charge is 2.13. The minimum atomic E-state index is -1.79. The Hall–Kier alpha value is -2.07. The molecule has 0 heterocycles. The molecule has 0 aliphatic carbocycles. The SMILES string of the molecule is C=C=CC(=O)NOC(=O)C(=O)O. The van der Waals surface area contributed by atoms with Gasteiger partial charge in [-0.05, 0) is 0 Å². The molecule has 6 heteroatoms. The standard InChI is InChI=1S/C6H5NO5/c1-2-3-4(8)7-12-6(11)5(9)10/h3H,1H2,(H,7,8)(H,9,10). The number of nitrogens with one attached hydrogen (secondary N) is 1. The van der Waals surface area contributed by atoms with E-state index in [1.807, 2.05) is 0 Å². The Morgan fingerprint density at radius 1 is 1.50 bits per heavy atom. The van der Waals surface area contributed by atoms with Gasteiger partial charge in [-0.2, -0.15) is 5.48 Å². The molecule has 0 aliphatic rings. The Labute approximate surface area is 67.1 Å². The number of hydrogen-bond donors (Lipinski definition) is 2. The van der Waals surface area contributed by atoms with Crippen molar-refractivity contribution in [1.82, 2.24) is 5.48 Å². The molecule has 12 heavy (non-hydrogen) atoms. The fraction of sp³-hybridized carbons (Fsp3) is 0. The van der Waals surface area contributed by atoms with Gasteiger partial charge in [-0.3, -0.25) is 4.79 Å². The van der Waals surface area contributed by atoms with Crippen molar-refractivity contribution in [3.63, 3.8) is 0 Å². The monoisotopic (exact) mass is 171 g/mol. The van der Waals surface area contributed by atoms with Crippen molar-refractivity contribution in [2.24, 2.45) is 0 Å². The molecule has 0 bridgehead atoms. The molecular formula is C6H5NO5. The summed E-state index contributed by atoms with van der Waals surface area (Å²) in [5, 5.41) is 7.96. The predicted octanol–water partition coefficient (Wildman–Crippen LogP) is -1.01. The van der Waals surface area contributed by atoms with Gasteiger partial charge in [0.05, 0.1) is 0 Å². The smallest absolute Gasteiger partial charge is 0.441 e. The Morgan fingerprint density at radius 3 is 2.50 bits per heavy atom. The maximum Gasteiger partial charge on any atom is 0.441 e. The van der Waals surface area contributed by atoms with Crippen LogP contribution in [-0.4, -0.2) is 23.0 Å². The third-order valence-electron chi connectivity index (χ3n) is 0.652. The van der Waals surface area contributed by atoms with E-state index in [1.165, 1.54) is 5.48 Å². The lowest BCUT2D eigenvalue weighted by Crippen LogP contribution is -2.29. The van der Waals surface area contributed by atoms with Gasteiger partial charge >= 0.3 is 11.9 Å². The fourth-order valence-corrected chi connectivity index (χ4v) is 0.262. The molecule has 0 aromatic rings. The largest absolute Gasteiger partial charge is 0.473 e. The quantitative estimate of drug-likeness (QED) is 0.228. The summed E-state index contributed by atoms with van der Waals surface area (Å²) in [6, 6.07) is 0. The molecule has 64 valence electrons. The topological polar surface area (TPSA) is 92.7 Å². The van der Waals surface area contributed by atoms with E-state index in [1.54, 1.807) is 0 Å². The molecule has 1 amide bonds. The second kappa shape index (κ2) is 4.70. The Morgan fingerprint density at radius 2 is 2.08 bits per heavy atom. The van der Waals surface area contributed by atoms with Crippen LogP contribution in [0.4, 0.5) is 0 Å². The summed E-state index contributed by atoms with van der Waals surface area (Å²) in [6.45, 7) is 3.06. The van der Waals surface area contributed by atoms with Crippen molar-refractivity contribution in [2.75, 3.05) is 0 Å². The van der Waals surface area contributed by atoms with E-state index in [9.17, 15) is 14.4 Å². The number of aliphatic carboxylic acids is 1. The number of carbonyl (C=O) groups excluding carboxylic acids is 2. The van der Waals surface area contributed by atoms with Gasteiger partial charge in [0.1, 0.15) is 0 Å². The van der Waals surface area contributed by atoms with Gasteiger partial charge in [0.15, 0.2) is 0 Å². The summed E-state index contributed by atoms with van der Waals surface area (Å²) in [5.74, 6) is -4.18. The second-order valence-electron chi connectivity index (χ2n) is 1.51. The van der Waals surface area contributed by atoms with E-state index in [4.69, 9.17) is 5.11 Å². The van der Waals surface area contributed by atoms with Crippen LogP contribution in [0, 0.1) is 0 Å². The van der Waals surface area contributed by atoms with Crippen molar-refractivity contribution in [1.29, 1.82) is 0 Å². The molecule has 0 fully saturated rings. The normalized spacial score (nSPS) is 7.67. The predicted molar refractivity (Wildman–Crippen MR) is 35.6 cm³/mol. The van der Waals surface area contributed by atoms with Crippen LogP contribution in [0.1, 0.15) is 0 Å². The number of carboxylic acid groups (broad SMARTS) is 1. The highest BCUT2D eigenvalue weighted by atomic mass is 16.7. The van der Waals surface area contributed by atoms with Gasteiger partial charge < -0.3 is 9.94 Å². The Bertz CT molecular complexity index is 249. The fourth-order valence-electron chi connectivity index (χ4n) is 0.262. The van der Waals surface area contributed by atoms with Gasteiger partial charge in [0.25, 0.3) is 5.91 Å². The number of amides is 1. The van der Waals surface area contributed by atoms with Crippen LogP contribution in [0.15, 0.2) is 18.4 Å². The molecule has 0 saturated heterocycles. The molecule has 6 nitrogen and oxygen atoms in total. The molecule has 0 atom stereocenters. The lowest BCUT2D eigenvalue weighted by molar-refractivity contribution is -0.170. The van der Waals surface area contributed by atoms with E-state index in [2.05, 4.69) is 17.1 Å². The molecule has 0 aliphatic heterocycles. The minimum absolute atomic E-state index is 0.820. The summed E-state index contributed by atoms with van der Waals surface area (Å²) in [6.07, 6.45) is 0.842. The molecule has 0 radical (unpaired) electrons. The molecule has 0 spiro atoms. The third-order valence-corrected chi connectivity index (χ3v) is 0.652. The van der Waals surface area contributed by atoms with Crippen LogP contribution >= 0.6 is 0 Å². The number of carbonyl (C=O) groups is 3. The van der Waals surface area contributed by atoms with Crippen LogP contribution in [0.5, 0.6) is 0 Å². The highest BCUT2D eigenvalue weighted by molar-refractivity contribution is 6.28. The number of hydrogen-bond acceptors (Lipinski definition) is 4. The van der Waals surface area contributed by atoms with Crippen molar-refractivity contribution in [3.05, 3.63) is 18.4 Å². The van der Waals surface area contributed by atoms with Gasteiger partial charge in [-0.25, -0.2) is 9.59 Å². The van der Waals surface area contributed by atoms with Gasteiger partial charge in [0, 0.05) is 6.08 Å². The minimum Gasteiger partial charge on any atom is -0.473 e. The summed E-state index contributed by atoms with van der Waals surface area (Å²) < 4.78 is 0. The zero-order valence-electron chi connectivity index (χ0n) is 5.86. The maximum absolute atomic E-state index is 10.4. The van der Waals surface area contributed by atoms with Crippen LogP contribution in [0.2, 0.25) is 0 Å². The average molecular weight is 171 g/mol. The number of rotatable bonds is 1. The highest BCUT2D eigenvalue weighted by Crippen LogP contribution is 1.74. The first-order chi connectivity index (χ1) is 5.57. The van der Waals surface area contributed by atoms with Gasteiger partial charge in [-0.1, -0.05) is 6.58 Å². The first kappa shape index (κ1) is 9.93. The van der Waals surface area contributed by atoms with E-state index < -0.39 is 17.8 Å². The molecular weight excluding hydrogens is 166 g/mol. The van der Waals surface area contributed by atoms with Crippen molar-refractivity contribution < 1.29 is 24.3 Å². The first-order valence-corrected chi connectivity index (χ1v) is 2.68. The molecule has 0 unspecified atom stereocenters. The molecule has 0 aromatic heterocycles. The van der Waals surface area contributed by atoms with E-state index in [0.29, 0.717) is 0 Å². The summed E-state index contributed by atoms with van der Waals surface area (Å²) in [5.41, 5.74) is 3.63. The maximum atomic E-state index is 10.4. The summed E-state index contributed by atoms with van der Waals surface area (Å²) in [4.78, 5) is 34.2. The molecule has 0 rings (SSSR count). The van der Waals surface area contributed by atoms with Crippen LogP contribution in [0.25, 0.3) is 0 Å². The van der Waals surface area contributed by atoms with Gasteiger partial charge in [-0.15, -0.1) is 5.73 Å².